The van der Waals surface area contributed by atoms with E-state index in [2.05, 4.69) is 26.1 Å². The van der Waals surface area contributed by atoms with Gasteiger partial charge in [-0.3, -0.25) is 4.79 Å². The Morgan fingerprint density at radius 1 is 1.00 bits per heavy atom. The first-order chi connectivity index (χ1) is 15.7. The van der Waals surface area contributed by atoms with Gasteiger partial charge in [0.15, 0.2) is 0 Å². The lowest BCUT2D eigenvalue weighted by Crippen LogP contribution is -2.54. The molecule has 0 aromatic heterocycles. The van der Waals surface area contributed by atoms with Gasteiger partial charge in [0.05, 0.1) is 7.11 Å². The summed E-state index contributed by atoms with van der Waals surface area (Å²) in [7, 11) is 1.50. The van der Waals surface area contributed by atoms with Crippen LogP contribution in [0.3, 0.4) is 0 Å². The van der Waals surface area contributed by atoms with Crippen LogP contribution >= 0.6 is 0 Å². The highest BCUT2D eigenvalue weighted by Crippen LogP contribution is 2.68. The van der Waals surface area contributed by atoms with Gasteiger partial charge in [-0.15, -0.1) is 0 Å². The molecule has 4 rings (SSSR count). The zero-order chi connectivity index (χ0) is 23.8. The van der Waals surface area contributed by atoms with Gasteiger partial charge in [0.2, 0.25) is 0 Å². The van der Waals surface area contributed by atoms with Crippen molar-refractivity contribution in [1.82, 2.24) is 5.32 Å². The first kappa shape index (κ1) is 24.9. The van der Waals surface area contributed by atoms with Crippen molar-refractivity contribution in [1.29, 1.82) is 0 Å². The van der Waals surface area contributed by atoms with E-state index in [4.69, 9.17) is 9.47 Å². The molecule has 188 valence electrons. The van der Waals surface area contributed by atoms with Crippen LogP contribution in [0.15, 0.2) is 0 Å². The average molecular weight is 462 g/mol. The van der Waals surface area contributed by atoms with E-state index in [1.54, 1.807) is 0 Å². The third-order valence-corrected chi connectivity index (χ3v) is 11.0. The maximum Gasteiger partial charge on any atom is 0.407 e. The van der Waals surface area contributed by atoms with E-state index >= 15 is 0 Å². The molecule has 4 fully saturated rings. The van der Waals surface area contributed by atoms with Crippen LogP contribution in [0, 0.1) is 46.3 Å². The SMILES string of the molecule is CCNC(=O)O[C@@H]1CC[C@@]2(C)C(CCC3C2CC[C@@]2(C)C3CC[C@@H]2[C@H](C)CCC(=O)OC)C1. The van der Waals surface area contributed by atoms with Crippen LogP contribution in [0.4, 0.5) is 4.79 Å². The molecule has 33 heavy (non-hydrogen) atoms. The third kappa shape index (κ3) is 4.55. The van der Waals surface area contributed by atoms with Crippen molar-refractivity contribution in [2.45, 2.75) is 104 Å². The highest BCUT2D eigenvalue weighted by Gasteiger charge is 2.60. The highest BCUT2D eigenvalue weighted by molar-refractivity contribution is 5.69. The minimum absolute atomic E-state index is 0.0664. The largest absolute Gasteiger partial charge is 0.469 e. The summed E-state index contributed by atoms with van der Waals surface area (Å²) >= 11 is 0. The first-order valence-electron chi connectivity index (χ1n) is 13.7. The fourth-order valence-corrected chi connectivity index (χ4v) is 9.29. The Morgan fingerprint density at radius 2 is 1.73 bits per heavy atom. The Bertz CT molecular complexity index is 725. The number of fused-ring (bicyclic) bond motifs is 5. The normalized spacial score (nSPS) is 42.9. The fourth-order valence-electron chi connectivity index (χ4n) is 9.29. The van der Waals surface area contributed by atoms with E-state index in [-0.39, 0.29) is 18.2 Å². The maximum absolute atomic E-state index is 12.0. The van der Waals surface area contributed by atoms with Gasteiger partial charge in [0.25, 0.3) is 0 Å². The lowest BCUT2D eigenvalue weighted by molar-refractivity contribution is -0.141. The van der Waals surface area contributed by atoms with Gasteiger partial charge >= 0.3 is 12.1 Å². The zero-order valence-electron chi connectivity index (χ0n) is 21.7. The maximum atomic E-state index is 12.0. The third-order valence-electron chi connectivity index (χ3n) is 11.0. The van der Waals surface area contributed by atoms with Crippen LogP contribution in [0.5, 0.6) is 0 Å². The summed E-state index contributed by atoms with van der Waals surface area (Å²) in [5.74, 6) is 4.46. The summed E-state index contributed by atoms with van der Waals surface area (Å²) < 4.78 is 10.7. The lowest BCUT2D eigenvalue weighted by Gasteiger charge is -2.61. The topological polar surface area (TPSA) is 64.6 Å². The summed E-state index contributed by atoms with van der Waals surface area (Å²) in [5.41, 5.74) is 0.832. The molecule has 4 unspecified atom stereocenters. The van der Waals surface area contributed by atoms with Gasteiger partial charge in [-0.05, 0) is 117 Å². The fraction of sp³-hybridized carbons (Fsp3) is 0.929. The molecule has 0 saturated heterocycles. The van der Waals surface area contributed by atoms with Gasteiger partial charge in [-0.1, -0.05) is 20.8 Å². The molecule has 0 aliphatic heterocycles. The van der Waals surface area contributed by atoms with Crippen molar-refractivity contribution in [2.75, 3.05) is 13.7 Å². The van der Waals surface area contributed by atoms with Crippen molar-refractivity contribution in [3.8, 4) is 0 Å². The van der Waals surface area contributed by atoms with Gasteiger partial charge in [0.1, 0.15) is 6.10 Å². The van der Waals surface area contributed by atoms with Crippen molar-refractivity contribution < 1.29 is 19.1 Å². The summed E-state index contributed by atoms with van der Waals surface area (Å²) in [5, 5.41) is 2.79. The molecule has 0 heterocycles. The molecule has 0 radical (unpaired) electrons. The van der Waals surface area contributed by atoms with Crippen LogP contribution in [0.1, 0.15) is 98.3 Å². The Kier molecular flexibility index (Phi) is 7.36. The molecule has 1 amide bonds. The van der Waals surface area contributed by atoms with Gasteiger partial charge in [-0.25, -0.2) is 4.79 Å². The molecular formula is C28H47NO4. The van der Waals surface area contributed by atoms with E-state index in [0.717, 1.165) is 42.9 Å². The summed E-state index contributed by atoms with van der Waals surface area (Å²) in [6, 6.07) is 0. The molecule has 0 aromatic rings. The molecule has 0 aromatic carbocycles. The molecule has 0 spiro atoms. The Morgan fingerprint density at radius 3 is 2.45 bits per heavy atom. The molecule has 5 heteroatoms. The van der Waals surface area contributed by atoms with Crippen molar-refractivity contribution in [3.05, 3.63) is 0 Å². The standard InChI is InChI=1S/C28H47NO4/c1-6-29-26(31)33-20-13-15-27(3)19(17-20)8-9-21-23-11-10-22(18(2)7-12-25(30)32-5)28(23,4)16-14-24(21)27/h18-24H,6-17H2,1-5H3,(H,29,31)/t18-,19?,20-,21?,22-,23?,24?,27+,28-/m1/s1. The Hall–Kier alpha value is -1.26. The number of carbonyl (C=O) groups excluding carboxylic acids is 2. The molecule has 1 N–H and O–H groups in total. The van der Waals surface area contributed by atoms with Crippen molar-refractivity contribution in [2.24, 2.45) is 46.3 Å². The number of amides is 1. The molecule has 4 saturated carbocycles. The number of esters is 1. The zero-order valence-corrected chi connectivity index (χ0v) is 21.7. The van der Waals surface area contributed by atoms with E-state index in [0.29, 0.717) is 35.6 Å². The lowest BCUT2D eigenvalue weighted by atomic mass is 9.44. The van der Waals surface area contributed by atoms with Crippen LogP contribution in [0.25, 0.3) is 0 Å². The van der Waals surface area contributed by atoms with Crippen LogP contribution in [-0.4, -0.2) is 31.8 Å². The first-order valence-corrected chi connectivity index (χ1v) is 13.7. The number of hydrogen-bond donors (Lipinski definition) is 1. The predicted molar refractivity (Wildman–Crippen MR) is 130 cm³/mol. The molecule has 9 atom stereocenters. The predicted octanol–water partition coefficient (Wildman–Crippen LogP) is 6.35. The number of methoxy groups -OCH3 is 1. The number of alkyl carbamates (subject to hydrolysis) is 1. The number of rotatable bonds is 6. The number of hydrogen-bond acceptors (Lipinski definition) is 4. The number of nitrogens with one attached hydrogen (secondary N) is 1. The summed E-state index contributed by atoms with van der Waals surface area (Å²) in [6.07, 6.45) is 12.7. The number of carbonyl (C=O) groups is 2. The second-order valence-corrected chi connectivity index (χ2v) is 12.3. The van der Waals surface area contributed by atoms with Crippen LogP contribution in [0.2, 0.25) is 0 Å². The Labute approximate surface area is 201 Å². The second-order valence-electron chi connectivity index (χ2n) is 12.3. The van der Waals surface area contributed by atoms with Gasteiger partial charge in [-0.2, -0.15) is 0 Å². The van der Waals surface area contributed by atoms with Crippen molar-refractivity contribution >= 4 is 12.1 Å². The quantitative estimate of drug-likeness (QED) is 0.468. The minimum atomic E-state index is -0.244. The van der Waals surface area contributed by atoms with Crippen LogP contribution in [-0.2, 0) is 14.3 Å². The molecule has 4 aliphatic carbocycles. The van der Waals surface area contributed by atoms with E-state index < -0.39 is 0 Å². The summed E-state index contributed by atoms with van der Waals surface area (Å²) in [6.45, 7) is 10.1. The van der Waals surface area contributed by atoms with E-state index in [9.17, 15) is 9.59 Å². The minimum Gasteiger partial charge on any atom is -0.469 e. The van der Waals surface area contributed by atoms with E-state index in [1.165, 1.54) is 52.1 Å². The molecule has 0 bridgehead atoms. The molecule has 4 aliphatic rings. The second kappa shape index (κ2) is 9.77. The molecule has 5 nitrogen and oxygen atoms in total. The smallest absolute Gasteiger partial charge is 0.407 e. The Balaban J connectivity index is 1.41. The van der Waals surface area contributed by atoms with Gasteiger partial charge in [0, 0.05) is 13.0 Å². The van der Waals surface area contributed by atoms with Crippen molar-refractivity contribution in [3.63, 3.8) is 0 Å². The van der Waals surface area contributed by atoms with Crippen LogP contribution < -0.4 is 5.32 Å². The van der Waals surface area contributed by atoms with Gasteiger partial charge < -0.3 is 14.8 Å². The number of ether oxygens (including phenoxy) is 2. The molecular weight excluding hydrogens is 414 g/mol. The highest BCUT2D eigenvalue weighted by atomic mass is 16.6. The summed E-state index contributed by atoms with van der Waals surface area (Å²) in [4.78, 5) is 23.7. The monoisotopic (exact) mass is 461 g/mol. The average Bonchev–Trinajstić information content (AvgIpc) is 3.15. The van der Waals surface area contributed by atoms with E-state index in [1.807, 2.05) is 6.92 Å².